The molecular formula is C25H23FN4O2S. The van der Waals surface area contributed by atoms with Crippen molar-refractivity contribution in [3.05, 3.63) is 82.0 Å². The fourth-order valence-corrected chi connectivity index (χ4v) is 5.36. The molecule has 4 aromatic rings. The van der Waals surface area contributed by atoms with Gasteiger partial charge in [0.1, 0.15) is 17.2 Å². The Morgan fingerprint density at radius 3 is 2.45 bits per heavy atom. The van der Waals surface area contributed by atoms with Crippen LogP contribution in [0.15, 0.2) is 65.7 Å². The summed E-state index contributed by atoms with van der Waals surface area (Å²) in [7, 11) is 0. The van der Waals surface area contributed by atoms with Crippen molar-refractivity contribution in [2.75, 3.05) is 31.1 Å². The highest BCUT2D eigenvalue weighted by Gasteiger charge is 2.24. The number of nitrogens with zero attached hydrogens (tertiary/aromatic N) is 4. The molecule has 0 N–H and O–H groups in total. The fourth-order valence-electron chi connectivity index (χ4n) is 4.35. The fraction of sp³-hybridized carbons (Fsp3) is 0.240. The second-order valence-corrected chi connectivity index (χ2v) is 9.28. The van der Waals surface area contributed by atoms with Gasteiger partial charge in [-0.05, 0) is 24.6 Å². The van der Waals surface area contributed by atoms with Crippen LogP contribution in [0.2, 0.25) is 0 Å². The number of piperazine rings is 1. The van der Waals surface area contributed by atoms with Gasteiger partial charge in [0.05, 0.1) is 17.4 Å². The molecule has 0 radical (unpaired) electrons. The number of hydrogen-bond acceptors (Lipinski definition) is 5. The third-order valence-electron chi connectivity index (χ3n) is 6.05. The second kappa shape index (κ2) is 8.78. The summed E-state index contributed by atoms with van der Waals surface area (Å²) < 4.78 is 15.5. The number of benzene rings is 2. The van der Waals surface area contributed by atoms with Crippen LogP contribution in [0.4, 0.5) is 10.1 Å². The van der Waals surface area contributed by atoms with Crippen LogP contribution in [0, 0.1) is 12.7 Å². The Bertz CT molecular complexity index is 1370. The highest BCUT2D eigenvalue weighted by atomic mass is 32.1. The molecule has 33 heavy (non-hydrogen) atoms. The van der Waals surface area contributed by atoms with E-state index in [9.17, 15) is 14.0 Å². The normalized spacial score (nSPS) is 14.1. The van der Waals surface area contributed by atoms with E-state index in [1.807, 2.05) is 42.2 Å². The number of aryl methyl sites for hydroxylation is 1. The number of para-hydroxylation sites is 1. The van der Waals surface area contributed by atoms with Crippen LogP contribution in [0.5, 0.6) is 0 Å². The zero-order valence-electron chi connectivity index (χ0n) is 18.2. The highest BCUT2D eigenvalue weighted by molar-refractivity contribution is 7.19. The Labute approximate surface area is 194 Å². The average Bonchev–Trinajstić information content (AvgIpc) is 3.18. The summed E-state index contributed by atoms with van der Waals surface area (Å²) in [6, 6.07) is 16.4. The standard InChI is InChI=1S/C25H23FN4O2S/c1-17-22(18-7-3-2-4-8-18)23-24(33-17)27-16-30(25(23)32)15-21(31)29-13-11-28(12-14-29)20-10-6-5-9-19(20)26/h2-10,16H,11-15H2,1H3. The Morgan fingerprint density at radius 2 is 1.73 bits per heavy atom. The minimum atomic E-state index is -0.261. The minimum Gasteiger partial charge on any atom is -0.366 e. The van der Waals surface area contributed by atoms with E-state index in [2.05, 4.69) is 4.98 Å². The van der Waals surface area contributed by atoms with Gasteiger partial charge in [0, 0.05) is 36.6 Å². The SMILES string of the molecule is Cc1sc2ncn(CC(=O)N3CCN(c4ccccc4F)CC3)c(=O)c2c1-c1ccccc1. The van der Waals surface area contributed by atoms with Crippen LogP contribution in [0.25, 0.3) is 21.3 Å². The molecule has 6 nitrogen and oxygen atoms in total. The van der Waals surface area contributed by atoms with E-state index in [-0.39, 0.29) is 23.8 Å². The third-order valence-corrected chi connectivity index (χ3v) is 7.06. The lowest BCUT2D eigenvalue weighted by Gasteiger charge is -2.36. The molecule has 5 rings (SSSR count). The smallest absolute Gasteiger partial charge is 0.263 e. The zero-order valence-corrected chi connectivity index (χ0v) is 19.0. The second-order valence-electron chi connectivity index (χ2n) is 8.08. The van der Waals surface area contributed by atoms with Gasteiger partial charge in [-0.15, -0.1) is 11.3 Å². The van der Waals surface area contributed by atoms with Gasteiger partial charge < -0.3 is 9.80 Å². The van der Waals surface area contributed by atoms with Crippen LogP contribution in [-0.4, -0.2) is 46.5 Å². The van der Waals surface area contributed by atoms with E-state index >= 15 is 0 Å². The molecule has 0 aliphatic carbocycles. The maximum atomic E-state index is 14.1. The molecule has 2 aromatic heterocycles. The number of rotatable bonds is 4. The first-order chi connectivity index (χ1) is 16.0. The summed E-state index contributed by atoms with van der Waals surface area (Å²) in [6.45, 7) is 3.96. The topological polar surface area (TPSA) is 58.4 Å². The molecule has 3 heterocycles. The number of fused-ring (bicyclic) bond motifs is 1. The first-order valence-electron chi connectivity index (χ1n) is 10.8. The Hall–Kier alpha value is -3.52. The molecule has 0 unspecified atom stereocenters. The van der Waals surface area contributed by atoms with Crippen LogP contribution in [0.3, 0.4) is 0 Å². The molecule has 168 valence electrons. The number of hydrogen-bond donors (Lipinski definition) is 0. The van der Waals surface area contributed by atoms with Crippen molar-refractivity contribution in [2.45, 2.75) is 13.5 Å². The first kappa shape index (κ1) is 21.3. The van der Waals surface area contributed by atoms with Crippen molar-refractivity contribution >= 4 is 33.1 Å². The van der Waals surface area contributed by atoms with E-state index in [0.717, 1.165) is 16.0 Å². The van der Waals surface area contributed by atoms with Gasteiger partial charge in [-0.1, -0.05) is 42.5 Å². The summed E-state index contributed by atoms with van der Waals surface area (Å²) in [5, 5.41) is 0.559. The zero-order chi connectivity index (χ0) is 22.9. The van der Waals surface area contributed by atoms with Gasteiger partial charge in [-0.25, -0.2) is 9.37 Å². The van der Waals surface area contributed by atoms with Crippen molar-refractivity contribution < 1.29 is 9.18 Å². The average molecular weight is 463 g/mol. The maximum absolute atomic E-state index is 14.1. The Balaban J connectivity index is 1.36. The largest absolute Gasteiger partial charge is 0.366 e. The maximum Gasteiger partial charge on any atom is 0.263 e. The lowest BCUT2D eigenvalue weighted by atomic mass is 10.0. The number of carbonyl (C=O) groups excluding carboxylic acids is 1. The van der Waals surface area contributed by atoms with Gasteiger partial charge in [-0.3, -0.25) is 14.2 Å². The molecule has 1 amide bonds. The summed E-state index contributed by atoms with van der Waals surface area (Å²) in [5.41, 5.74) is 2.19. The molecule has 1 aliphatic heterocycles. The Kier molecular flexibility index (Phi) is 5.68. The van der Waals surface area contributed by atoms with Gasteiger partial charge >= 0.3 is 0 Å². The molecule has 0 bridgehead atoms. The number of carbonyl (C=O) groups is 1. The Morgan fingerprint density at radius 1 is 1.03 bits per heavy atom. The molecule has 0 spiro atoms. The number of amides is 1. The number of anilines is 1. The lowest BCUT2D eigenvalue weighted by molar-refractivity contribution is -0.132. The molecule has 0 atom stereocenters. The van der Waals surface area contributed by atoms with Crippen LogP contribution in [0.1, 0.15) is 4.88 Å². The highest BCUT2D eigenvalue weighted by Crippen LogP contribution is 2.35. The third kappa shape index (κ3) is 4.02. The predicted molar refractivity (Wildman–Crippen MR) is 129 cm³/mol. The van der Waals surface area contributed by atoms with Crippen molar-refractivity contribution in [3.63, 3.8) is 0 Å². The van der Waals surface area contributed by atoms with E-state index in [0.29, 0.717) is 42.1 Å². The number of aromatic nitrogens is 2. The van der Waals surface area contributed by atoms with Crippen molar-refractivity contribution in [1.29, 1.82) is 0 Å². The van der Waals surface area contributed by atoms with Crippen LogP contribution in [-0.2, 0) is 11.3 Å². The van der Waals surface area contributed by atoms with Crippen molar-refractivity contribution in [3.8, 4) is 11.1 Å². The summed E-state index contributed by atoms with van der Waals surface area (Å²) in [4.78, 5) is 36.2. The summed E-state index contributed by atoms with van der Waals surface area (Å²) in [5.74, 6) is -0.400. The van der Waals surface area contributed by atoms with E-state index in [4.69, 9.17) is 0 Å². The van der Waals surface area contributed by atoms with E-state index in [1.54, 1.807) is 23.1 Å². The van der Waals surface area contributed by atoms with Crippen molar-refractivity contribution in [2.24, 2.45) is 0 Å². The van der Waals surface area contributed by atoms with Crippen LogP contribution < -0.4 is 10.5 Å². The van der Waals surface area contributed by atoms with Gasteiger partial charge in [-0.2, -0.15) is 0 Å². The molecule has 8 heteroatoms. The van der Waals surface area contributed by atoms with Gasteiger partial charge in [0.25, 0.3) is 5.56 Å². The monoisotopic (exact) mass is 462 g/mol. The molecule has 2 aromatic carbocycles. The van der Waals surface area contributed by atoms with E-state index in [1.165, 1.54) is 28.3 Å². The quantitative estimate of drug-likeness (QED) is 0.461. The van der Waals surface area contributed by atoms with Gasteiger partial charge in [0.15, 0.2) is 0 Å². The molecule has 1 fully saturated rings. The van der Waals surface area contributed by atoms with E-state index < -0.39 is 0 Å². The molecular weight excluding hydrogens is 439 g/mol. The van der Waals surface area contributed by atoms with Gasteiger partial charge in [0.2, 0.25) is 5.91 Å². The predicted octanol–water partition coefficient (Wildman–Crippen LogP) is 3.92. The minimum absolute atomic E-state index is 0.0649. The number of halogens is 1. The molecule has 1 aliphatic rings. The molecule has 0 saturated carbocycles. The van der Waals surface area contributed by atoms with Crippen molar-refractivity contribution in [1.82, 2.24) is 14.5 Å². The summed E-state index contributed by atoms with van der Waals surface area (Å²) >= 11 is 1.49. The number of thiophene rings is 1. The lowest BCUT2D eigenvalue weighted by Crippen LogP contribution is -2.50. The summed E-state index contributed by atoms with van der Waals surface area (Å²) in [6.07, 6.45) is 1.46. The molecule has 1 saturated heterocycles. The first-order valence-corrected chi connectivity index (χ1v) is 11.7. The van der Waals surface area contributed by atoms with Crippen LogP contribution >= 0.6 is 11.3 Å².